The summed E-state index contributed by atoms with van der Waals surface area (Å²) in [5, 5.41) is 2.59. The number of carbonyl (C=O) groups excluding carboxylic acids is 3. The van der Waals surface area contributed by atoms with Crippen LogP contribution in [0.5, 0.6) is 0 Å². The molecule has 0 radical (unpaired) electrons. The third kappa shape index (κ3) is 6.33. The molecule has 0 aliphatic carbocycles. The number of likely N-dealkylation sites (tertiary alicyclic amines) is 1. The van der Waals surface area contributed by atoms with Crippen LogP contribution in [0, 0.1) is 0 Å². The first-order valence-electron chi connectivity index (χ1n) is 13.4. The molecule has 0 bridgehead atoms. The summed E-state index contributed by atoms with van der Waals surface area (Å²) in [4.78, 5) is 55.1. The molecule has 11 nitrogen and oxygen atoms in total. The lowest BCUT2D eigenvalue weighted by Gasteiger charge is -2.39. The van der Waals surface area contributed by atoms with E-state index in [2.05, 4.69) is 25.7 Å². The molecule has 0 atom stereocenters. The first-order chi connectivity index (χ1) is 19.4. The molecule has 5 rings (SSSR count). The van der Waals surface area contributed by atoms with Gasteiger partial charge < -0.3 is 19.6 Å². The van der Waals surface area contributed by atoms with Gasteiger partial charge in [0.25, 0.3) is 11.8 Å². The second-order valence-electron chi connectivity index (χ2n) is 10.1. The van der Waals surface area contributed by atoms with Crippen LogP contribution < -0.4 is 20.7 Å². The smallest absolute Gasteiger partial charge is 0.320 e. The molecular formula is C28H34N8O3S. The summed E-state index contributed by atoms with van der Waals surface area (Å²) in [6.07, 6.45) is 3.39. The van der Waals surface area contributed by atoms with Gasteiger partial charge in [0.15, 0.2) is 0 Å². The van der Waals surface area contributed by atoms with Crippen LogP contribution >= 0.6 is 11.3 Å². The van der Waals surface area contributed by atoms with Crippen LogP contribution in [0.15, 0.2) is 54.0 Å². The van der Waals surface area contributed by atoms with E-state index >= 15 is 0 Å². The number of piperazine rings is 1. The molecule has 210 valence electrons. The number of nitrogens with one attached hydrogen (secondary N) is 2. The van der Waals surface area contributed by atoms with E-state index in [-0.39, 0.29) is 17.6 Å². The van der Waals surface area contributed by atoms with Crippen LogP contribution in [0.3, 0.4) is 0 Å². The topological polar surface area (TPSA) is 114 Å². The molecule has 4 heterocycles. The predicted molar refractivity (Wildman–Crippen MR) is 155 cm³/mol. The van der Waals surface area contributed by atoms with Gasteiger partial charge in [0.2, 0.25) is 0 Å². The lowest BCUT2D eigenvalue weighted by molar-refractivity contribution is 0.0844. The van der Waals surface area contributed by atoms with Crippen LogP contribution in [-0.4, -0.2) is 91.0 Å². The van der Waals surface area contributed by atoms with E-state index in [9.17, 15) is 14.4 Å². The minimum atomic E-state index is -0.460. The number of amides is 4. The molecule has 2 aromatic heterocycles. The Morgan fingerprint density at radius 1 is 0.875 bits per heavy atom. The summed E-state index contributed by atoms with van der Waals surface area (Å²) in [5.74, 6) is 0.285. The molecule has 0 unspecified atom stereocenters. The lowest BCUT2D eigenvalue weighted by Crippen LogP contribution is -2.54. The Labute approximate surface area is 237 Å². The van der Waals surface area contributed by atoms with Crippen LogP contribution in [0.4, 0.5) is 16.3 Å². The molecule has 1 aromatic carbocycles. The number of carbonyl (C=O) groups is 3. The van der Waals surface area contributed by atoms with Gasteiger partial charge in [-0.2, -0.15) is 0 Å². The maximum absolute atomic E-state index is 13.1. The summed E-state index contributed by atoms with van der Waals surface area (Å²) >= 11 is 1.44. The Morgan fingerprint density at radius 3 is 2.20 bits per heavy atom. The second kappa shape index (κ2) is 12.3. The fourth-order valence-electron chi connectivity index (χ4n) is 4.93. The van der Waals surface area contributed by atoms with Gasteiger partial charge >= 0.3 is 6.03 Å². The van der Waals surface area contributed by atoms with Gasteiger partial charge in [-0.3, -0.25) is 20.4 Å². The number of nitrogens with zero attached hydrogens (tertiary/aromatic N) is 6. The van der Waals surface area contributed by atoms with Gasteiger partial charge in [-0.25, -0.2) is 14.8 Å². The quantitative estimate of drug-likeness (QED) is 0.460. The predicted octanol–water partition coefficient (Wildman–Crippen LogP) is 2.80. The normalized spacial score (nSPS) is 16.0. The van der Waals surface area contributed by atoms with Crippen LogP contribution in [0.1, 0.15) is 44.6 Å². The average molecular weight is 563 g/mol. The van der Waals surface area contributed by atoms with Crippen LogP contribution in [0.2, 0.25) is 0 Å². The summed E-state index contributed by atoms with van der Waals surface area (Å²) in [5.41, 5.74) is 6.60. The number of hydrogen-bond donors (Lipinski definition) is 2. The van der Waals surface area contributed by atoms with Gasteiger partial charge in [0, 0.05) is 82.1 Å². The number of rotatable bonds is 5. The van der Waals surface area contributed by atoms with Gasteiger partial charge in [-0.15, -0.1) is 11.3 Å². The van der Waals surface area contributed by atoms with Gasteiger partial charge in [0.05, 0.1) is 5.01 Å². The van der Waals surface area contributed by atoms with Crippen LogP contribution in [-0.2, 0) is 0 Å². The molecule has 2 saturated heterocycles. The Bertz CT molecular complexity index is 1310. The molecule has 2 aliphatic rings. The van der Waals surface area contributed by atoms with Crippen molar-refractivity contribution >= 4 is 40.7 Å². The van der Waals surface area contributed by atoms with Crippen molar-refractivity contribution in [2.75, 3.05) is 63.2 Å². The van der Waals surface area contributed by atoms with Crippen LogP contribution in [0.25, 0.3) is 0 Å². The SMILES string of the molecule is CN(C)c1ccc(C(=O)NNC(=O)c2csc(C3CCN(C(=O)N4CCN(c5ccccn5)CC4)CC3)n2)cc1. The average Bonchev–Trinajstić information content (AvgIpc) is 3.51. The van der Waals surface area contributed by atoms with Crippen molar-refractivity contribution in [2.45, 2.75) is 18.8 Å². The van der Waals surface area contributed by atoms with E-state index in [1.165, 1.54) is 11.3 Å². The van der Waals surface area contributed by atoms with E-state index in [1.54, 1.807) is 23.7 Å². The molecule has 12 heteroatoms. The highest BCUT2D eigenvalue weighted by atomic mass is 32.1. The van der Waals surface area contributed by atoms with E-state index in [4.69, 9.17) is 0 Å². The van der Waals surface area contributed by atoms with E-state index in [0.717, 1.165) is 42.4 Å². The Kier molecular flexibility index (Phi) is 8.44. The Morgan fingerprint density at radius 2 is 1.55 bits per heavy atom. The Balaban J connectivity index is 1.06. The molecule has 0 saturated carbocycles. The zero-order chi connectivity index (χ0) is 28.1. The number of hydrogen-bond acceptors (Lipinski definition) is 8. The van der Waals surface area contributed by atoms with E-state index in [1.807, 2.05) is 59.1 Å². The van der Waals surface area contributed by atoms with Gasteiger partial charge in [0.1, 0.15) is 11.5 Å². The largest absolute Gasteiger partial charge is 0.378 e. The molecule has 40 heavy (non-hydrogen) atoms. The van der Waals surface area contributed by atoms with Crippen molar-refractivity contribution in [3.8, 4) is 0 Å². The zero-order valence-corrected chi connectivity index (χ0v) is 23.6. The van der Waals surface area contributed by atoms with E-state index < -0.39 is 11.8 Å². The number of urea groups is 1. The monoisotopic (exact) mass is 562 g/mol. The summed E-state index contributed by atoms with van der Waals surface area (Å²) in [6.45, 7) is 4.22. The van der Waals surface area contributed by atoms with Gasteiger partial charge in [-0.1, -0.05) is 6.07 Å². The molecule has 0 spiro atoms. The van der Waals surface area contributed by atoms with E-state index in [0.29, 0.717) is 31.7 Å². The Hall–Kier alpha value is -4.19. The van der Waals surface area contributed by atoms with Crippen molar-refractivity contribution in [2.24, 2.45) is 0 Å². The highest BCUT2D eigenvalue weighted by molar-refractivity contribution is 7.09. The standard InChI is InChI=1S/C28H34N8O3S/c1-33(2)22-8-6-20(7-9-22)25(37)31-32-26(38)23-19-40-27(30-23)21-10-13-35(14-11-21)28(39)36-17-15-34(16-18-36)24-5-3-4-12-29-24/h3-9,12,19,21H,10-11,13-18H2,1-2H3,(H,31,37)(H,32,38). The molecule has 2 aliphatic heterocycles. The molecule has 3 aromatic rings. The highest BCUT2D eigenvalue weighted by Gasteiger charge is 2.30. The third-order valence-electron chi connectivity index (χ3n) is 7.33. The number of piperidine rings is 1. The number of aromatic nitrogens is 2. The lowest BCUT2D eigenvalue weighted by atomic mass is 9.98. The van der Waals surface area contributed by atoms with Crippen molar-refractivity contribution in [3.05, 3.63) is 70.3 Å². The number of benzene rings is 1. The first kappa shape index (κ1) is 27.4. The van der Waals surface area contributed by atoms with Crippen molar-refractivity contribution in [1.82, 2.24) is 30.6 Å². The fourth-order valence-corrected chi connectivity index (χ4v) is 5.90. The minimum absolute atomic E-state index is 0.0884. The maximum atomic E-state index is 13.1. The van der Waals surface area contributed by atoms with Gasteiger partial charge in [-0.05, 0) is 49.2 Å². The van der Waals surface area contributed by atoms with Crippen molar-refractivity contribution in [1.29, 1.82) is 0 Å². The molecule has 4 amide bonds. The molecule has 2 fully saturated rings. The van der Waals surface area contributed by atoms with Crippen molar-refractivity contribution < 1.29 is 14.4 Å². The van der Waals surface area contributed by atoms with Crippen molar-refractivity contribution in [3.63, 3.8) is 0 Å². The fraction of sp³-hybridized carbons (Fsp3) is 0.393. The zero-order valence-electron chi connectivity index (χ0n) is 22.7. The minimum Gasteiger partial charge on any atom is -0.378 e. The number of thiazole rings is 1. The molecular weight excluding hydrogens is 528 g/mol. The second-order valence-corrected chi connectivity index (χ2v) is 11.0. The highest BCUT2D eigenvalue weighted by Crippen LogP contribution is 2.31. The number of pyridine rings is 1. The third-order valence-corrected chi connectivity index (χ3v) is 8.34. The number of hydrazine groups is 1. The maximum Gasteiger partial charge on any atom is 0.320 e. The molecule has 2 N–H and O–H groups in total. The summed E-state index contributed by atoms with van der Waals surface area (Å²) < 4.78 is 0. The summed E-state index contributed by atoms with van der Waals surface area (Å²) in [6, 6.07) is 13.1. The number of anilines is 2. The summed E-state index contributed by atoms with van der Waals surface area (Å²) in [7, 11) is 3.85. The first-order valence-corrected chi connectivity index (χ1v) is 14.3.